The van der Waals surface area contributed by atoms with Crippen molar-refractivity contribution in [3.05, 3.63) is 30.1 Å². The summed E-state index contributed by atoms with van der Waals surface area (Å²) in [6.07, 6.45) is 5.58. The SMILES string of the molecule is O=C(CN1CCO[C@H]2CCC[C@@H]21)NCc1ccccn1. The van der Waals surface area contributed by atoms with Gasteiger partial charge in [0.25, 0.3) is 0 Å². The molecule has 0 aromatic carbocycles. The molecule has 1 aromatic heterocycles. The fourth-order valence-electron chi connectivity index (χ4n) is 3.13. The summed E-state index contributed by atoms with van der Waals surface area (Å²) in [6, 6.07) is 6.16. The van der Waals surface area contributed by atoms with E-state index in [1.807, 2.05) is 18.2 Å². The Labute approximate surface area is 119 Å². The van der Waals surface area contributed by atoms with Crippen LogP contribution >= 0.6 is 0 Å². The van der Waals surface area contributed by atoms with E-state index in [4.69, 9.17) is 4.74 Å². The number of aromatic nitrogens is 1. The van der Waals surface area contributed by atoms with Crippen LogP contribution in [0.5, 0.6) is 0 Å². The van der Waals surface area contributed by atoms with Crippen LogP contribution in [0, 0.1) is 0 Å². The molecule has 0 spiro atoms. The molecular weight excluding hydrogens is 254 g/mol. The predicted molar refractivity (Wildman–Crippen MR) is 75.0 cm³/mol. The van der Waals surface area contributed by atoms with Crippen LogP contribution in [0.2, 0.25) is 0 Å². The highest BCUT2D eigenvalue weighted by molar-refractivity contribution is 5.78. The molecule has 20 heavy (non-hydrogen) atoms. The Hall–Kier alpha value is -1.46. The zero-order valence-electron chi connectivity index (χ0n) is 11.6. The Morgan fingerprint density at radius 1 is 1.45 bits per heavy atom. The smallest absolute Gasteiger partial charge is 0.234 e. The van der Waals surface area contributed by atoms with Gasteiger partial charge in [-0.1, -0.05) is 6.07 Å². The lowest BCUT2D eigenvalue weighted by molar-refractivity contribution is -0.126. The molecule has 108 valence electrons. The van der Waals surface area contributed by atoms with Gasteiger partial charge in [0.1, 0.15) is 0 Å². The molecular formula is C15H21N3O2. The summed E-state index contributed by atoms with van der Waals surface area (Å²) < 4.78 is 5.76. The lowest BCUT2D eigenvalue weighted by atomic mass is 10.1. The molecule has 5 nitrogen and oxygen atoms in total. The second-order valence-corrected chi connectivity index (χ2v) is 5.48. The quantitative estimate of drug-likeness (QED) is 0.889. The summed E-state index contributed by atoms with van der Waals surface area (Å²) >= 11 is 0. The van der Waals surface area contributed by atoms with Crippen molar-refractivity contribution < 1.29 is 9.53 Å². The first-order valence-electron chi connectivity index (χ1n) is 7.35. The van der Waals surface area contributed by atoms with Gasteiger partial charge in [0.05, 0.1) is 31.5 Å². The monoisotopic (exact) mass is 275 g/mol. The van der Waals surface area contributed by atoms with Crippen molar-refractivity contribution in [1.29, 1.82) is 0 Å². The number of rotatable bonds is 4. The third-order valence-electron chi connectivity index (χ3n) is 4.14. The Morgan fingerprint density at radius 3 is 3.25 bits per heavy atom. The van der Waals surface area contributed by atoms with Gasteiger partial charge in [-0.25, -0.2) is 0 Å². The molecule has 0 radical (unpaired) electrons. The van der Waals surface area contributed by atoms with Gasteiger partial charge >= 0.3 is 0 Å². The number of pyridine rings is 1. The van der Waals surface area contributed by atoms with Gasteiger partial charge in [-0.2, -0.15) is 0 Å². The van der Waals surface area contributed by atoms with Gasteiger partial charge in [-0.15, -0.1) is 0 Å². The van der Waals surface area contributed by atoms with Crippen molar-refractivity contribution in [1.82, 2.24) is 15.2 Å². The van der Waals surface area contributed by atoms with Crippen LogP contribution in [0.4, 0.5) is 0 Å². The van der Waals surface area contributed by atoms with E-state index in [1.165, 1.54) is 6.42 Å². The maximum absolute atomic E-state index is 12.1. The second-order valence-electron chi connectivity index (χ2n) is 5.48. The molecule has 0 unspecified atom stereocenters. The van der Waals surface area contributed by atoms with Gasteiger partial charge in [-0.3, -0.25) is 14.7 Å². The van der Waals surface area contributed by atoms with E-state index in [0.29, 0.717) is 25.2 Å². The first kappa shape index (κ1) is 13.5. The fraction of sp³-hybridized carbons (Fsp3) is 0.600. The first-order valence-corrected chi connectivity index (χ1v) is 7.35. The summed E-state index contributed by atoms with van der Waals surface area (Å²) in [5.74, 6) is 0.0724. The average molecular weight is 275 g/mol. The molecule has 1 amide bonds. The predicted octanol–water partition coefficient (Wildman–Crippen LogP) is 0.951. The number of carbonyl (C=O) groups excluding carboxylic acids is 1. The van der Waals surface area contributed by atoms with Crippen LogP contribution in [0.1, 0.15) is 25.0 Å². The van der Waals surface area contributed by atoms with E-state index in [1.54, 1.807) is 6.20 Å². The lowest BCUT2D eigenvalue weighted by Gasteiger charge is -2.37. The molecule has 3 rings (SSSR count). The van der Waals surface area contributed by atoms with Gasteiger partial charge < -0.3 is 10.1 Å². The van der Waals surface area contributed by atoms with Crippen LogP contribution < -0.4 is 5.32 Å². The van der Waals surface area contributed by atoms with E-state index in [2.05, 4.69) is 15.2 Å². The van der Waals surface area contributed by atoms with Gasteiger partial charge in [0.15, 0.2) is 0 Å². The third-order valence-corrected chi connectivity index (χ3v) is 4.14. The lowest BCUT2D eigenvalue weighted by Crippen LogP contribution is -2.51. The van der Waals surface area contributed by atoms with E-state index >= 15 is 0 Å². The molecule has 5 heteroatoms. The number of amides is 1. The molecule has 1 saturated carbocycles. The molecule has 2 fully saturated rings. The molecule has 1 aliphatic carbocycles. The normalized spacial score (nSPS) is 26.2. The maximum Gasteiger partial charge on any atom is 0.234 e. The topological polar surface area (TPSA) is 54.5 Å². The molecule has 1 saturated heterocycles. The second kappa shape index (κ2) is 6.33. The highest BCUT2D eigenvalue weighted by Gasteiger charge is 2.36. The summed E-state index contributed by atoms with van der Waals surface area (Å²) in [5, 5.41) is 2.94. The minimum Gasteiger partial charge on any atom is -0.375 e. The third kappa shape index (κ3) is 3.16. The van der Waals surface area contributed by atoms with Crippen molar-refractivity contribution in [3.8, 4) is 0 Å². The molecule has 2 atom stereocenters. The number of ether oxygens (including phenoxy) is 1. The Kier molecular flexibility index (Phi) is 4.28. The largest absolute Gasteiger partial charge is 0.375 e. The Bertz CT molecular complexity index is 452. The number of nitrogens with one attached hydrogen (secondary N) is 1. The number of fused-ring (bicyclic) bond motifs is 1. The molecule has 2 aliphatic rings. The maximum atomic E-state index is 12.1. The minimum absolute atomic E-state index is 0.0724. The Balaban J connectivity index is 1.48. The van der Waals surface area contributed by atoms with Crippen molar-refractivity contribution in [2.75, 3.05) is 19.7 Å². The van der Waals surface area contributed by atoms with Crippen LogP contribution in [0.25, 0.3) is 0 Å². The number of hydrogen-bond donors (Lipinski definition) is 1. The van der Waals surface area contributed by atoms with E-state index < -0.39 is 0 Å². The van der Waals surface area contributed by atoms with Gasteiger partial charge in [-0.05, 0) is 31.4 Å². The highest BCUT2D eigenvalue weighted by Crippen LogP contribution is 2.29. The molecule has 0 bridgehead atoms. The average Bonchev–Trinajstić information content (AvgIpc) is 2.96. The highest BCUT2D eigenvalue weighted by atomic mass is 16.5. The molecule has 2 heterocycles. The van der Waals surface area contributed by atoms with Crippen LogP contribution in [0.3, 0.4) is 0 Å². The zero-order chi connectivity index (χ0) is 13.8. The molecule has 1 aliphatic heterocycles. The van der Waals surface area contributed by atoms with Crippen LogP contribution in [-0.2, 0) is 16.1 Å². The van der Waals surface area contributed by atoms with E-state index in [-0.39, 0.29) is 5.91 Å². The van der Waals surface area contributed by atoms with Gasteiger partial charge in [0.2, 0.25) is 5.91 Å². The molecule has 1 aromatic rings. The van der Waals surface area contributed by atoms with E-state index in [0.717, 1.165) is 31.7 Å². The van der Waals surface area contributed by atoms with Crippen molar-refractivity contribution in [3.63, 3.8) is 0 Å². The summed E-state index contributed by atoms with van der Waals surface area (Å²) in [7, 11) is 0. The zero-order valence-corrected chi connectivity index (χ0v) is 11.6. The number of carbonyl (C=O) groups is 1. The van der Waals surface area contributed by atoms with Crippen molar-refractivity contribution in [2.45, 2.75) is 38.0 Å². The first-order chi connectivity index (χ1) is 9.83. The number of morpholine rings is 1. The number of nitrogens with zero attached hydrogens (tertiary/aromatic N) is 2. The summed E-state index contributed by atoms with van der Waals surface area (Å²) in [5.41, 5.74) is 0.890. The molecule has 1 N–H and O–H groups in total. The van der Waals surface area contributed by atoms with Crippen molar-refractivity contribution in [2.24, 2.45) is 0 Å². The van der Waals surface area contributed by atoms with E-state index in [9.17, 15) is 4.79 Å². The fourth-order valence-corrected chi connectivity index (χ4v) is 3.13. The van der Waals surface area contributed by atoms with Crippen LogP contribution in [0.15, 0.2) is 24.4 Å². The van der Waals surface area contributed by atoms with Gasteiger partial charge in [0, 0.05) is 18.8 Å². The van der Waals surface area contributed by atoms with Crippen molar-refractivity contribution >= 4 is 5.91 Å². The van der Waals surface area contributed by atoms with Crippen LogP contribution in [-0.4, -0.2) is 47.6 Å². The standard InChI is InChI=1S/C15H21N3O2/c19-15(17-10-12-4-1-2-7-16-12)11-18-8-9-20-14-6-3-5-13(14)18/h1-2,4,7,13-14H,3,5-6,8-11H2,(H,17,19)/t13-,14-/m0/s1. The minimum atomic E-state index is 0.0724. The number of hydrogen-bond acceptors (Lipinski definition) is 4. The summed E-state index contributed by atoms with van der Waals surface area (Å²) in [4.78, 5) is 18.5. The Morgan fingerprint density at radius 2 is 2.40 bits per heavy atom. The summed E-state index contributed by atoms with van der Waals surface area (Å²) in [6.45, 7) is 2.57.